The van der Waals surface area contributed by atoms with Crippen LogP contribution < -0.4 is 25.6 Å². The Hall–Kier alpha value is -7.01. The average Bonchev–Trinajstić information content (AvgIpc) is 3.68. The highest BCUT2D eigenvalue weighted by atomic mass is 28.3. The minimum Gasteiger partial charge on any atom is -0.311 e. The van der Waals surface area contributed by atoms with Crippen molar-refractivity contribution < 1.29 is 0 Å². The van der Waals surface area contributed by atoms with Gasteiger partial charge in [0.25, 0.3) is 0 Å². The number of imidazole rings is 1. The van der Waals surface area contributed by atoms with Crippen molar-refractivity contribution in [2.75, 3.05) is 4.90 Å². The number of fused-ring (bicyclic) bond motifs is 2. The molecule has 0 aliphatic carbocycles. The molecule has 8 aromatic carbocycles. The van der Waals surface area contributed by atoms with Gasteiger partial charge in [0.2, 0.25) is 0 Å². The lowest BCUT2D eigenvalue weighted by molar-refractivity contribution is 1.07. The van der Waals surface area contributed by atoms with Gasteiger partial charge >= 0.3 is 0 Å². The van der Waals surface area contributed by atoms with Gasteiger partial charge in [-0.05, 0) is 69.3 Å². The van der Waals surface area contributed by atoms with Crippen molar-refractivity contribution in [1.29, 1.82) is 0 Å². The van der Waals surface area contributed by atoms with Crippen LogP contribution in [0.15, 0.2) is 224 Å². The summed E-state index contributed by atoms with van der Waals surface area (Å²) in [6, 6.07) is 81.2. The number of rotatable bonds is 7. The second-order valence-corrected chi connectivity index (χ2v) is 17.7. The van der Waals surface area contributed by atoms with Crippen LogP contribution in [0.1, 0.15) is 0 Å². The molecule has 0 atom stereocenters. The molecule has 0 unspecified atom stereocenters. The molecule has 0 amide bonds. The lowest BCUT2D eigenvalue weighted by Crippen LogP contribution is -2.77. The Balaban J connectivity index is 1.17. The van der Waals surface area contributed by atoms with Crippen LogP contribution >= 0.6 is 0 Å². The molecule has 1 aliphatic heterocycles. The molecule has 3 nitrogen and oxygen atoms in total. The fourth-order valence-corrected chi connectivity index (χ4v) is 13.7. The van der Waals surface area contributed by atoms with E-state index in [0.29, 0.717) is 0 Å². The highest BCUT2D eigenvalue weighted by Gasteiger charge is 2.48. The fraction of sp³-hybridized carbons (Fsp3) is 0. The van der Waals surface area contributed by atoms with Crippen LogP contribution in [-0.4, -0.2) is 17.6 Å². The Kier molecular flexibility index (Phi) is 8.16. The van der Waals surface area contributed by atoms with Gasteiger partial charge in [-0.15, -0.1) is 0 Å². The molecule has 2 heterocycles. The monoisotopic (exact) mass is 719 g/mol. The van der Waals surface area contributed by atoms with Gasteiger partial charge < -0.3 is 4.90 Å². The third-order valence-corrected chi connectivity index (χ3v) is 15.7. The van der Waals surface area contributed by atoms with Crippen LogP contribution in [0, 0.1) is 0 Å². The van der Waals surface area contributed by atoms with E-state index in [0.717, 1.165) is 45.3 Å². The molecular weight excluding hydrogens is 683 g/mol. The van der Waals surface area contributed by atoms with Crippen molar-refractivity contribution >= 4 is 45.9 Å². The summed E-state index contributed by atoms with van der Waals surface area (Å²) in [6.45, 7) is 0. The predicted molar refractivity (Wildman–Crippen MR) is 232 cm³/mol. The van der Waals surface area contributed by atoms with E-state index in [2.05, 4.69) is 234 Å². The molecule has 9 aromatic rings. The third-order valence-electron chi connectivity index (χ3n) is 10.9. The number of benzene rings is 8. The highest BCUT2D eigenvalue weighted by Crippen LogP contribution is 2.41. The van der Waals surface area contributed by atoms with Crippen molar-refractivity contribution in [3.05, 3.63) is 224 Å². The zero-order valence-corrected chi connectivity index (χ0v) is 31.2. The molecule has 0 saturated carbocycles. The first-order valence-electron chi connectivity index (χ1n) is 18.8. The van der Waals surface area contributed by atoms with Gasteiger partial charge in [0, 0.05) is 39.4 Å². The molecule has 0 radical (unpaired) electrons. The first-order chi connectivity index (χ1) is 27.3. The molecule has 1 aliphatic rings. The van der Waals surface area contributed by atoms with E-state index >= 15 is 0 Å². The van der Waals surface area contributed by atoms with Gasteiger partial charge in [-0.1, -0.05) is 176 Å². The van der Waals surface area contributed by atoms with E-state index in [-0.39, 0.29) is 0 Å². The highest BCUT2D eigenvalue weighted by molar-refractivity contribution is 7.21. The Morgan fingerprint density at radius 2 is 0.782 bits per heavy atom. The molecule has 0 bridgehead atoms. The van der Waals surface area contributed by atoms with E-state index < -0.39 is 8.07 Å². The predicted octanol–water partition coefficient (Wildman–Crippen LogP) is 10.0. The van der Waals surface area contributed by atoms with E-state index in [1.165, 1.54) is 32.1 Å². The van der Waals surface area contributed by atoms with E-state index in [1.807, 2.05) is 0 Å². The van der Waals surface area contributed by atoms with Crippen LogP contribution in [0.2, 0.25) is 0 Å². The van der Waals surface area contributed by atoms with E-state index in [4.69, 9.17) is 4.98 Å². The summed E-state index contributed by atoms with van der Waals surface area (Å²) in [5.74, 6) is 0.898. The lowest BCUT2D eigenvalue weighted by atomic mass is 10.0. The smallest absolute Gasteiger partial charge is 0.184 e. The van der Waals surface area contributed by atoms with Crippen LogP contribution in [-0.2, 0) is 0 Å². The minimum atomic E-state index is -2.68. The zero-order valence-electron chi connectivity index (χ0n) is 30.2. The van der Waals surface area contributed by atoms with Gasteiger partial charge in [0.05, 0.1) is 11.4 Å². The maximum atomic E-state index is 5.46. The molecular formula is C51H37N3Si. The van der Waals surface area contributed by atoms with Crippen molar-refractivity contribution in [3.63, 3.8) is 0 Å². The molecule has 0 saturated heterocycles. The van der Waals surface area contributed by atoms with Crippen LogP contribution in [0.4, 0.5) is 17.1 Å². The molecule has 0 N–H and O–H groups in total. The maximum Gasteiger partial charge on any atom is 0.184 e. The second kappa shape index (κ2) is 13.8. The number of anilines is 3. The summed E-state index contributed by atoms with van der Waals surface area (Å²) in [5, 5.41) is 5.53. The van der Waals surface area contributed by atoms with Crippen LogP contribution in [0.5, 0.6) is 0 Å². The normalized spacial score (nSPS) is 12.8. The molecule has 1 aromatic heterocycles. The van der Waals surface area contributed by atoms with Gasteiger partial charge in [0.15, 0.2) is 8.07 Å². The van der Waals surface area contributed by atoms with Crippen LogP contribution in [0.3, 0.4) is 0 Å². The summed E-state index contributed by atoms with van der Waals surface area (Å²) in [6.07, 6.45) is 0. The van der Waals surface area contributed by atoms with Gasteiger partial charge in [-0.25, -0.2) is 4.98 Å². The Morgan fingerprint density at radius 3 is 1.31 bits per heavy atom. The first-order valence-corrected chi connectivity index (χ1v) is 20.8. The van der Waals surface area contributed by atoms with Gasteiger partial charge in [-0.3, -0.25) is 4.57 Å². The molecule has 10 rings (SSSR count). The maximum absolute atomic E-state index is 5.46. The molecule has 260 valence electrons. The first kappa shape index (κ1) is 32.6. The standard InChI is InChI=1S/C51H37N3Si/c1-6-20-38(21-7-1)49-50(39-22-8-2-9-23-39)54(41-24-10-3-11-25-41)51(52-49)40-34-36-42(37-35-40)53-45-30-16-18-32-47(45)55(43-26-12-4-13-27-43,44-28-14-5-15-29-44)48-33-19-17-31-46(48)53/h1-37H. The van der Waals surface area contributed by atoms with Gasteiger partial charge in [0.1, 0.15) is 5.82 Å². The molecule has 55 heavy (non-hydrogen) atoms. The number of hydrogen-bond acceptors (Lipinski definition) is 2. The van der Waals surface area contributed by atoms with Gasteiger partial charge in [-0.2, -0.15) is 0 Å². The van der Waals surface area contributed by atoms with E-state index in [9.17, 15) is 0 Å². The average molecular weight is 720 g/mol. The fourth-order valence-electron chi connectivity index (χ4n) is 8.55. The third kappa shape index (κ3) is 5.38. The Morgan fingerprint density at radius 1 is 0.345 bits per heavy atom. The number of para-hydroxylation sites is 3. The van der Waals surface area contributed by atoms with Crippen molar-refractivity contribution in [1.82, 2.24) is 9.55 Å². The minimum absolute atomic E-state index is 0.898. The topological polar surface area (TPSA) is 21.1 Å². The lowest BCUT2D eigenvalue weighted by Gasteiger charge is -2.45. The summed E-state index contributed by atoms with van der Waals surface area (Å²) in [4.78, 5) is 7.92. The van der Waals surface area contributed by atoms with Crippen molar-refractivity contribution in [3.8, 4) is 39.6 Å². The largest absolute Gasteiger partial charge is 0.311 e. The Bertz CT molecular complexity index is 2640. The van der Waals surface area contributed by atoms with Crippen molar-refractivity contribution in [2.24, 2.45) is 0 Å². The number of hydrogen-bond donors (Lipinski definition) is 0. The zero-order chi connectivity index (χ0) is 36.6. The van der Waals surface area contributed by atoms with E-state index in [1.54, 1.807) is 0 Å². The van der Waals surface area contributed by atoms with Crippen molar-refractivity contribution in [2.45, 2.75) is 0 Å². The SMILES string of the molecule is c1ccc(-c2nc(-c3ccc(N4c5ccccc5[Si](c5ccccc5)(c5ccccc5)c5ccccc54)cc3)n(-c3ccccc3)c2-c2ccccc2)cc1. The summed E-state index contributed by atoms with van der Waals surface area (Å²) < 4.78 is 2.32. The molecule has 0 fully saturated rings. The summed E-state index contributed by atoms with van der Waals surface area (Å²) >= 11 is 0. The molecule has 0 spiro atoms. The number of nitrogens with zero attached hydrogens (tertiary/aromatic N) is 3. The summed E-state index contributed by atoms with van der Waals surface area (Å²) in [5.41, 5.74) is 9.88. The Labute approximate surface area is 323 Å². The molecule has 4 heteroatoms. The second-order valence-electron chi connectivity index (χ2n) is 13.9. The van der Waals surface area contributed by atoms with Crippen LogP contribution in [0.25, 0.3) is 39.6 Å². The number of aromatic nitrogens is 2. The quantitative estimate of drug-likeness (QED) is 0.153. The summed E-state index contributed by atoms with van der Waals surface area (Å²) in [7, 11) is -2.68.